The lowest BCUT2D eigenvalue weighted by atomic mass is 10.5. The Morgan fingerprint density at radius 3 is 1.68 bits per heavy atom. The van der Waals surface area contributed by atoms with Crippen molar-refractivity contribution in [2.75, 3.05) is 39.5 Å². The summed E-state index contributed by atoms with van der Waals surface area (Å²) in [6.07, 6.45) is 0. The third-order valence-corrected chi connectivity index (χ3v) is 1.80. The minimum absolute atomic E-state index is 0. The number of nitrogens with one attached hydrogen (secondary N) is 1. The van der Waals surface area contributed by atoms with E-state index in [9.17, 15) is 9.59 Å². The summed E-state index contributed by atoms with van der Waals surface area (Å²) in [5.74, 6) is -2.36. The number of nitrogens with two attached hydrogens (primary N) is 1. The molecule has 0 aliphatic heterocycles. The van der Waals surface area contributed by atoms with Crippen LogP contribution >= 0.6 is 12.4 Å². The molecule has 0 bridgehead atoms. The van der Waals surface area contributed by atoms with E-state index in [2.05, 4.69) is 0 Å². The molecule has 10 heteroatoms. The average molecular weight is 300 g/mol. The Hall–Kier alpha value is -1.58. The summed E-state index contributed by atoms with van der Waals surface area (Å²) in [4.78, 5) is 21.7. The molecule has 0 amide bonds. The summed E-state index contributed by atoms with van der Waals surface area (Å²) in [5.41, 5.74) is 5.29. The number of hydrogen-bond acceptors (Lipinski definition) is 5. The van der Waals surface area contributed by atoms with Crippen molar-refractivity contribution in [3.8, 4) is 0 Å². The maximum Gasteiger partial charge on any atom is 0.329 e. The van der Waals surface area contributed by atoms with Crippen LogP contribution < -0.4 is 5.73 Å². The SMILES string of the molecule is Cl.N=C(N)N(CCOCC(=O)O)CCOCC(=O)O. The summed E-state index contributed by atoms with van der Waals surface area (Å²) in [6.45, 7) is -0.157. The number of halogens is 1. The molecule has 5 N–H and O–H groups in total. The van der Waals surface area contributed by atoms with Crippen molar-refractivity contribution >= 4 is 30.3 Å². The molecule has 0 aliphatic carbocycles. The topological polar surface area (TPSA) is 146 Å². The summed E-state index contributed by atoms with van der Waals surface area (Å²) in [6, 6.07) is 0. The molecule has 19 heavy (non-hydrogen) atoms. The molecule has 9 nitrogen and oxygen atoms in total. The van der Waals surface area contributed by atoms with Gasteiger partial charge in [-0.2, -0.15) is 0 Å². The summed E-state index contributed by atoms with van der Waals surface area (Å²) in [7, 11) is 0. The fourth-order valence-corrected chi connectivity index (χ4v) is 1.02. The zero-order chi connectivity index (χ0) is 14.0. The van der Waals surface area contributed by atoms with Crippen molar-refractivity contribution in [1.82, 2.24) is 4.90 Å². The maximum absolute atomic E-state index is 10.2. The van der Waals surface area contributed by atoms with Gasteiger partial charge in [-0.15, -0.1) is 12.4 Å². The van der Waals surface area contributed by atoms with Gasteiger partial charge < -0.3 is 30.3 Å². The highest BCUT2D eigenvalue weighted by molar-refractivity contribution is 5.85. The highest BCUT2D eigenvalue weighted by atomic mass is 35.5. The van der Waals surface area contributed by atoms with Crippen LogP contribution in [0.3, 0.4) is 0 Å². The van der Waals surface area contributed by atoms with Gasteiger partial charge in [-0.05, 0) is 0 Å². The van der Waals surface area contributed by atoms with Gasteiger partial charge in [0, 0.05) is 13.1 Å². The lowest BCUT2D eigenvalue weighted by Gasteiger charge is -2.21. The predicted molar refractivity (Wildman–Crippen MR) is 67.6 cm³/mol. The van der Waals surface area contributed by atoms with E-state index < -0.39 is 25.2 Å². The first kappa shape index (κ1) is 19.8. The van der Waals surface area contributed by atoms with Crippen LogP contribution in [0.2, 0.25) is 0 Å². The Morgan fingerprint density at radius 2 is 1.42 bits per heavy atom. The van der Waals surface area contributed by atoms with Crippen LogP contribution in [0.5, 0.6) is 0 Å². The molecule has 0 atom stereocenters. The van der Waals surface area contributed by atoms with Gasteiger partial charge in [0.25, 0.3) is 0 Å². The molecule has 0 heterocycles. The second kappa shape index (κ2) is 11.5. The highest BCUT2D eigenvalue weighted by Gasteiger charge is 2.07. The number of nitrogens with zero attached hydrogens (tertiary/aromatic N) is 1. The maximum atomic E-state index is 10.2. The third kappa shape index (κ3) is 12.7. The molecule has 0 unspecified atom stereocenters. The zero-order valence-corrected chi connectivity index (χ0v) is 11.0. The first-order valence-electron chi connectivity index (χ1n) is 5.11. The van der Waals surface area contributed by atoms with Crippen LogP contribution in [0.25, 0.3) is 0 Å². The standard InChI is InChI=1S/C9H17N3O6.ClH/c10-9(11)12(1-3-17-5-7(13)14)2-4-18-6-8(15)16;/h1-6H2,(H3,10,11)(H,13,14)(H,15,16);1H. The second-order valence-corrected chi connectivity index (χ2v) is 3.26. The Labute approximate surface area is 116 Å². The number of rotatable bonds is 10. The molecule has 0 aliphatic rings. The van der Waals surface area contributed by atoms with Gasteiger partial charge in [0.05, 0.1) is 13.2 Å². The second-order valence-electron chi connectivity index (χ2n) is 3.26. The normalized spacial score (nSPS) is 9.47. The molecule has 112 valence electrons. The minimum Gasteiger partial charge on any atom is -0.480 e. The monoisotopic (exact) mass is 299 g/mol. The van der Waals surface area contributed by atoms with E-state index in [0.717, 1.165) is 0 Å². The van der Waals surface area contributed by atoms with Gasteiger partial charge in [0.15, 0.2) is 5.96 Å². The Bertz CT molecular complexity index is 280. The predicted octanol–water partition coefficient (Wildman–Crippen LogP) is -1.19. The summed E-state index contributed by atoms with van der Waals surface area (Å²) in [5, 5.41) is 23.9. The van der Waals surface area contributed by atoms with Crippen LogP contribution in [0.15, 0.2) is 0 Å². The van der Waals surface area contributed by atoms with Gasteiger partial charge in [-0.3, -0.25) is 5.41 Å². The van der Waals surface area contributed by atoms with E-state index >= 15 is 0 Å². The van der Waals surface area contributed by atoms with Crippen molar-refractivity contribution in [1.29, 1.82) is 5.41 Å². The van der Waals surface area contributed by atoms with E-state index in [4.69, 9.17) is 30.8 Å². The number of guanidine groups is 1. The van der Waals surface area contributed by atoms with E-state index in [1.165, 1.54) is 4.90 Å². The average Bonchev–Trinajstić information content (AvgIpc) is 2.25. The van der Waals surface area contributed by atoms with Gasteiger partial charge in [0.2, 0.25) is 0 Å². The minimum atomic E-state index is -1.07. The van der Waals surface area contributed by atoms with Gasteiger partial charge in [-0.25, -0.2) is 9.59 Å². The number of carboxylic acid groups (broad SMARTS) is 2. The number of carbonyl (C=O) groups is 2. The van der Waals surface area contributed by atoms with Crippen molar-refractivity contribution in [3.63, 3.8) is 0 Å². The number of aliphatic carboxylic acids is 2. The third-order valence-electron chi connectivity index (χ3n) is 1.80. The zero-order valence-electron chi connectivity index (χ0n) is 10.2. The van der Waals surface area contributed by atoms with Gasteiger partial charge in [0.1, 0.15) is 13.2 Å². The molecular formula is C9H18ClN3O6. The van der Waals surface area contributed by atoms with E-state index in [1.807, 2.05) is 0 Å². The van der Waals surface area contributed by atoms with Crippen LogP contribution in [0.1, 0.15) is 0 Å². The molecule has 0 saturated carbocycles. The number of ether oxygens (including phenoxy) is 2. The van der Waals surface area contributed by atoms with Crippen LogP contribution in [-0.2, 0) is 19.1 Å². The van der Waals surface area contributed by atoms with Crippen molar-refractivity contribution in [3.05, 3.63) is 0 Å². The molecule has 0 rings (SSSR count). The largest absolute Gasteiger partial charge is 0.480 e. The van der Waals surface area contributed by atoms with Crippen molar-refractivity contribution in [2.45, 2.75) is 0 Å². The first-order chi connectivity index (χ1) is 8.43. The lowest BCUT2D eigenvalue weighted by molar-refractivity contribution is -0.142. The quantitative estimate of drug-likeness (QED) is 0.224. The van der Waals surface area contributed by atoms with Crippen LogP contribution in [0, 0.1) is 5.41 Å². The fraction of sp³-hybridized carbons (Fsp3) is 0.667. The summed E-state index contributed by atoms with van der Waals surface area (Å²) < 4.78 is 9.58. The van der Waals surface area contributed by atoms with Gasteiger partial charge in [-0.1, -0.05) is 0 Å². The molecular weight excluding hydrogens is 282 g/mol. The van der Waals surface area contributed by atoms with E-state index in [1.54, 1.807) is 0 Å². The summed E-state index contributed by atoms with van der Waals surface area (Å²) >= 11 is 0. The van der Waals surface area contributed by atoms with Crippen molar-refractivity contribution < 1.29 is 29.3 Å². The van der Waals surface area contributed by atoms with Gasteiger partial charge >= 0.3 is 11.9 Å². The van der Waals surface area contributed by atoms with Crippen LogP contribution in [0.4, 0.5) is 0 Å². The Morgan fingerprint density at radius 1 is 1.05 bits per heavy atom. The fourth-order valence-electron chi connectivity index (χ4n) is 1.02. The smallest absolute Gasteiger partial charge is 0.329 e. The molecule has 0 saturated heterocycles. The molecule has 0 fully saturated rings. The van der Waals surface area contributed by atoms with Crippen molar-refractivity contribution in [2.24, 2.45) is 5.73 Å². The molecule has 0 aromatic heterocycles. The molecule has 0 aromatic carbocycles. The number of hydrogen-bond donors (Lipinski definition) is 4. The van der Waals surface area contributed by atoms with Crippen LogP contribution in [-0.4, -0.2) is 72.5 Å². The Balaban J connectivity index is 0. The van der Waals surface area contributed by atoms with E-state index in [0.29, 0.717) is 0 Å². The molecule has 0 radical (unpaired) electrons. The molecule has 0 spiro atoms. The first-order valence-corrected chi connectivity index (χ1v) is 5.11. The lowest BCUT2D eigenvalue weighted by Crippen LogP contribution is -2.41. The molecule has 0 aromatic rings. The Kier molecular flexibility index (Phi) is 12.0. The van der Waals surface area contributed by atoms with E-state index in [-0.39, 0.29) is 44.7 Å². The highest BCUT2D eigenvalue weighted by Crippen LogP contribution is 1.89. The number of carboxylic acids is 2.